The third-order valence-electron chi connectivity index (χ3n) is 6.57. The van der Waals surface area contributed by atoms with Crippen LogP contribution >= 0.6 is 11.6 Å². The summed E-state index contributed by atoms with van der Waals surface area (Å²) in [5.74, 6) is -0.831. The maximum absolute atomic E-state index is 14.3. The summed E-state index contributed by atoms with van der Waals surface area (Å²) in [5.41, 5.74) is 2.20. The predicted molar refractivity (Wildman–Crippen MR) is 167 cm³/mol. The van der Waals surface area contributed by atoms with Crippen molar-refractivity contribution >= 4 is 39.1 Å². The molecule has 1 N–H and O–H groups in total. The third-order valence-corrected chi connectivity index (χ3v) is 8.07. The van der Waals surface area contributed by atoms with Crippen LogP contribution < -0.4 is 9.62 Å². The number of nitrogens with zero attached hydrogens (tertiary/aromatic N) is 2. The van der Waals surface area contributed by atoms with Gasteiger partial charge in [0.25, 0.3) is 0 Å². The Morgan fingerprint density at radius 1 is 0.902 bits per heavy atom. The Morgan fingerprint density at radius 2 is 1.49 bits per heavy atom. The van der Waals surface area contributed by atoms with Crippen molar-refractivity contribution in [2.75, 3.05) is 17.1 Å². The first-order chi connectivity index (χ1) is 19.2. The number of sulfonamides is 1. The van der Waals surface area contributed by atoms with Crippen LogP contribution in [0.3, 0.4) is 0 Å². The van der Waals surface area contributed by atoms with Gasteiger partial charge in [0.15, 0.2) is 0 Å². The van der Waals surface area contributed by atoms with E-state index in [9.17, 15) is 18.0 Å². The lowest BCUT2D eigenvalue weighted by atomic mass is 10.00. The van der Waals surface area contributed by atoms with E-state index >= 15 is 0 Å². The third kappa shape index (κ3) is 9.07. The minimum Gasteiger partial charge on any atom is -0.350 e. The number of anilines is 1. The molecular formula is C32H40ClN3O4S. The molecule has 1 unspecified atom stereocenters. The monoisotopic (exact) mass is 597 g/mol. The van der Waals surface area contributed by atoms with Gasteiger partial charge in [-0.05, 0) is 55.5 Å². The normalized spacial score (nSPS) is 12.6. The van der Waals surface area contributed by atoms with Crippen molar-refractivity contribution in [3.63, 3.8) is 0 Å². The molecule has 7 nitrogen and oxygen atoms in total. The molecule has 2 amide bonds. The maximum atomic E-state index is 14.3. The fourth-order valence-electron chi connectivity index (χ4n) is 4.61. The summed E-state index contributed by atoms with van der Waals surface area (Å²) in [5, 5.41) is 3.47. The minimum absolute atomic E-state index is 0.0215. The summed E-state index contributed by atoms with van der Waals surface area (Å²) < 4.78 is 27.4. The van der Waals surface area contributed by atoms with E-state index in [0.717, 1.165) is 21.7 Å². The van der Waals surface area contributed by atoms with Crippen LogP contribution in [0.5, 0.6) is 0 Å². The number of carbonyl (C=O) groups is 2. The molecule has 3 aromatic rings. The van der Waals surface area contributed by atoms with E-state index in [1.807, 2.05) is 83.1 Å². The van der Waals surface area contributed by atoms with Gasteiger partial charge in [-0.25, -0.2) is 8.42 Å². The van der Waals surface area contributed by atoms with Gasteiger partial charge in [-0.1, -0.05) is 92.2 Å². The van der Waals surface area contributed by atoms with Gasteiger partial charge in [-0.15, -0.1) is 0 Å². The van der Waals surface area contributed by atoms with Crippen LogP contribution in [0.2, 0.25) is 5.02 Å². The number of nitrogens with one attached hydrogen (secondary N) is 1. The molecule has 0 bridgehead atoms. The van der Waals surface area contributed by atoms with Crippen molar-refractivity contribution in [1.82, 2.24) is 10.2 Å². The molecule has 0 aliphatic rings. The molecule has 0 radical (unpaired) electrons. The van der Waals surface area contributed by atoms with Crippen molar-refractivity contribution in [2.45, 2.75) is 65.1 Å². The number of para-hydroxylation sites is 1. The number of carbonyl (C=O) groups excluding carboxylic acids is 2. The number of rotatable bonds is 11. The van der Waals surface area contributed by atoms with Crippen LogP contribution in [0.1, 0.15) is 57.2 Å². The highest BCUT2D eigenvalue weighted by atomic mass is 35.5. The molecule has 3 rings (SSSR count). The summed E-state index contributed by atoms with van der Waals surface area (Å²) in [7, 11) is -3.86. The molecule has 3 aromatic carbocycles. The molecule has 1 atom stereocenters. The van der Waals surface area contributed by atoms with Gasteiger partial charge >= 0.3 is 0 Å². The molecule has 0 aliphatic heterocycles. The van der Waals surface area contributed by atoms with Crippen molar-refractivity contribution in [2.24, 2.45) is 0 Å². The SMILES string of the molecule is CC(C)c1ccccc1N(CC(=O)N(Cc1ccccc1Cl)C(Cc1ccccc1)C(=O)NC(C)(C)C)S(C)(=O)=O. The smallest absolute Gasteiger partial charge is 0.244 e. The molecule has 0 saturated carbocycles. The number of benzene rings is 3. The highest BCUT2D eigenvalue weighted by molar-refractivity contribution is 7.92. The van der Waals surface area contributed by atoms with E-state index in [1.165, 1.54) is 4.90 Å². The average Bonchev–Trinajstić information content (AvgIpc) is 2.89. The molecule has 0 spiro atoms. The Balaban J connectivity index is 2.12. The van der Waals surface area contributed by atoms with Crippen LogP contribution in [0.15, 0.2) is 78.9 Å². The fourth-order valence-corrected chi connectivity index (χ4v) is 5.68. The number of halogens is 1. The molecule has 9 heteroatoms. The minimum atomic E-state index is -3.86. The van der Waals surface area contributed by atoms with E-state index in [2.05, 4.69) is 5.32 Å². The molecule has 0 saturated heterocycles. The molecule has 0 aromatic heterocycles. The van der Waals surface area contributed by atoms with Gasteiger partial charge in [0.2, 0.25) is 21.8 Å². The van der Waals surface area contributed by atoms with Crippen molar-refractivity contribution in [1.29, 1.82) is 0 Å². The topological polar surface area (TPSA) is 86.8 Å². The second-order valence-corrected chi connectivity index (χ2v) is 13.9. The lowest BCUT2D eigenvalue weighted by Gasteiger charge is -2.35. The quantitative estimate of drug-likeness (QED) is 0.303. The maximum Gasteiger partial charge on any atom is 0.244 e. The van der Waals surface area contributed by atoms with Crippen LogP contribution in [0.25, 0.3) is 0 Å². The van der Waals surface area contributed by atoms with Crippen LogP contribution in [-0.4, -0.2) is 49.5 Å². The average molecular weight is 598 g/mol. The van der Waals surface area contributed by atoms with Crippen molar-refractivity contribution in [3.8, 4) is 0 Å². The standard InChI is InChI=1S/C32H40ClN3O4S/c1-23(2)26-17-11-13-19-28(26)36(41(6,39)40)22-30(37)35(21-25-16-10-12-18-27(25)33)29(31(38)34-32(3,4)5)20-24-14-8-7-9-15-24/h7-19,23,29H,20-22H2,1-6H3,(H,34,38). The zero-order chi connectivity index (χ0) is 30.4. The first-order valence-electron chi connectivity index (χ1n) is 13.6. The van der Waals surface area contributed by atoms with Crippen LogP contribution in [0.4, 0.5) is 5.69 Å². The lowest BCUT2D eigenvalue weighted by molar-refractivity contribution is -0.140. The number of amides is 2. The van der Waals surface area contributed by atoms with Crippen LogP contribution in [0, 0.1) is 0 Å². The van der Waals surface area contributed by atoms with E-state index < -0.39 is 34.1 Å². The van der Waals surface area contributed by atoms with Gasteiger partial charge in [-0.3, -0.25) is 13.9 Å². The lowest BCUT2D eigenvalue weighted by Crippen LogP contribution is -2.56. The summed E-state index contributed by atoms with van der Waals surface area (Å²) in [4.78, 5) is 29.5. The Hall–Kier alpha value is -3.36. The van der Waals surface area contributed by atoms with E-state index in [4.69, 9.17) is 11.6 Å². The van der Waals surface area contributed by atoms with Gasteiger partial charge in [-0.2, -0.15) is 0 Å². The zero-order valence-corrected chi connectivity index (χ0v) is 26.2. The van der Waals surface area contributed by atoms with E-state index in [-0.39, 0.29) is 24.8 Å². The zero-order valence-electron chi connectivity index (χ0n) is 24.6. The summed E-state index contributed by atoms with van der Waals surface area (Å²) in [6, 6.07) is 22.8. The van der Waals surface area contributed by atoms with Gasteiger partial charge in [0, 0.05) is 23.5 Å². The van der Waals surface area contributed by atoms with Crippen molar-refractivity contribution in [3.05, 3.63) is 101 Å². The molecule has 41 heavy (non-hydrogen) atoms. The van der Waals surface area contributed by atoms with Gasteiger partial charge in [0.05, 0.1) is 11.9 Å². The first kappa shape index (κ1) is 32.2. The second-order valence-electron chi connectivity index (χ2n) is 11.5. The molecule has 0 heterocycles. The summed E-state index contributed by atoms with van der Waals surface area (Å²) in [6.45, 7) is 9.12. The first-order valence-corrected chi connectivity index (χ1v) is 15.9. The highest BCUT2D eigenvalue weighted by Crippen LogP contribution is 2.30. The van der Waals surface area contributed by atoms with Crippen molar-refractivity contribution < 1.29 is 18.0 Å². The Labute approximate surface area is 249 Å². The number of hydrogen-bond donors (Lipinski definition) is 1. The largest absolute Gasteiger partial charge is 0.350 e. The number of hydrogen-bond acceptors (Lipinski definition) is 4. The highest BCUT2D eigenvalue weighted by Gasteiger charge is 2.35. The Kier molecular flexibility index (Phi) is 10.6. The van der Waals surface area contributed by atoms with Crippen LogP contribution in [-0.2, 0) is 32.6 Å². The molecular weight excluding hydrogens is 558 g/mol. The van der Waals surface area contributed by atoms with E-state index in [1.54, 1.807) is 30.3 Å². The molecule has 220 valence electrons. The molecule has 0 aliphatic carbocycles. The summed E-state index contributed by atoms with van der Waals surface area (Å²) >= 11 is 6.51. The van der Waals surface area contributed by atoms with E-state index in [0.29, 0.717) is 16.3 Å². The second kappa shape index (κ2) is 13.5. The summed E-state index contributed by atoms with van der Waals surface area (Å²) in [6.07, 6.45) is 1.32. The predicted octanol–water partition coefficient (Wildman–Crippen LogP) is 5.78. The fraction of sp³-hybridized carbons (Fsp3) is 0.375. The molecule has 0 fully saturated rings. The van der Waals surface area contributed by atoms with Gasteiger partial charge in [0.1, 0.15) is 12.6 Å². The van der Waals surface area contributed by atoms with Gasteiger partial charge < -0.3 is 10.2 Å². The Bertz CT molecular complexity index is 1450. The Morgan fingerprint density at radius 3 is 2.07 bits per heavy atom.